The molecule has 31 heavy (non-hydrogen) atoms. The van der Waals surface area contributed by atoms with Gasteiger partial charge in [0.2, 0.25) is 0 Å². The largest absolute Gasteiger partial charge is 0.459 e. The number of benzene rings is 1. The Morgan fingerprint density at radius 3 is 2.16 bits per heavy atom. The van der Waals surface area contributed by atoms with Crippen LogP contribution in [0.15, 0.2) is 30.3 Å². The minimum atomic E-state index is -1.90. The van der Waals surface area contributed by atoms with Gasteiger partial charge in [-0.25, -0.2) is 4.79 Å². The molecule has 12 nitrogen and oxygen atoms in total. The van der Waals surface area contributed by atoms with Gasteiger partial charge in [-0.3, -0.25) is 0 Å². The third kappa shape index (κ3) is 6.63. The summed E-state index contributed by atoms with van der Waals surface area (Å²) in [5.41, 5.74) is 0.252. The molecule has 8 N–H and O–H groups in total. The Morgan fingerprint density at radius 2 is 1.55 bits per heavy atom. The van der Waals surface area contributed by atoms with E-state index in [0.29, 0.717) is 0 Å². The first kappa shape index (κ1) is 25.5. The van der Waals surface area contributed by atoms with Gasteiger partial charge < -0.3 is 55.1 Å². The summed E-state index contributed by atoms with van der Waals surface area (Å²) < 4.78 is 15.5. The van der Waals surface area contributed by atoms with Crippen LogP contribution < -0.4 is 0 Å². The Labute approximate surface area is 177 Å². The highest BCUT2D eigenvalue weighted by atomic mass is 16.7. The molecule has 1 aromatic carbocycles. The number of rotatable bonds is 10. The van der Waals surface area contributed by atoms with Crippen LogP contribution in [0.3, 0.4) is 0 Å². The summed E-state index contributed by atoms with van der Waals surface area (Å²) in [7, 11) is 0. The maximum atomic E-state index is 12.0. The summed E-state index contributed by atoms with van der Waals surface area (Å²) >= 11 is 0. The first-order valence-corrected chi connectivity index (χ1v) is 9.54. The van der Waals surface area contributed by atoms with Crippen molar-refractivity contribution in [2.24, 2.45) is 0 Å². The average molecular weight is 448 g/mol. The van der Waals surface area contributed by atoms with E-state index in [1.165, 1.54) is 12.1 Å². The van der Waals surface area contributed by atoms with Gasteiger partial charge in [-0.15, -0.1) is 0 Å². The number of aliphatic hydroxyl groups is 8. The van der Waals surface area contributed by atoms with Crippen molar-refractivity contribution >= 4 is 5.97 Å². The van der Waals surface area contributed by atoms with E-state index in [1.54, 1.807) is 18.2 Å². The van der Waals surface area contributed by atoms with Gasteiger partial charge in [-0.05, 0) is 12.1 Å². The van der Waals surface area contributed by atoms with Crippen molar-refractivity contribution in [1.82, 2.24) is 0 Å². The van der Waals surface area contributed by atoms with Gasteiger partial charge >= 0.3 is 5.97 Å². The van der Waals surface area contributed by atoms with Crippen molar-refractivity contribution in [2.45, 2.75) is 55.1 Å². The molecule has 0 aliphatic carbocycles. The van der Waals surface area contributed by atoms with Crippen molar-refractivity contribution < 1.29 is 59.9 Å². The highest BCUT2D eigenvalue weighted by molar-refractivity contribution is 5.89. The maximum absolute atomic E-state index is 12.0. The lowest BCUT2D eigenvalue weighted by atomic mass is 9.99. The fourth-order valence-electron chi connectivity index (χ4n) is 2.86. The van der Waals surface area contributed by atoms with E-state index in [-0.39, 0.29) is 5.56 Å². The van der Waals surface area contributed by atoms with E-state index in [2.05, 4.69) is 0 Å². The van der Waals surface area contributed by atoms with E-state index in [0.717, 1.165) is 0 Å². The Hall–Kier alpha value is -1.71. The molecule has 1 saturated heterocycles. The van der Waals surface area contributed by atoms with Crippen molar-refractivity contribution in [3.05, 3.63) is 35.9 Å². The summed E-state index contributed by atoms with van der Waals surface area (Å²) in [5.74, 6) is -0.704. The third-order valence-electron chi connectivity index (χ3n) is 4.81. The Kier molecular flexibility index (Phi) is 9.71. The normalized spacial score (nSPS) is 30.3. The van der Waals surface area contributed by atoms with Crippen molar-refractivity contribution in [3.8, 4) is 0 Å². The van der Waals surface area contributed by atoms with Gasteiger partial charge in [0, 0.05) is 0 Å². The molecule has 1 aliphatic heterocycles. The van der Waals surface area contributed by atoms with Crippen LogP contribution in [-0.4, -0.2) is 122 Å². The lowest BCUT2D eigenvalue weighted by molar-refractivity contribution is -0.306. The second kappa shape index (κ2) is 11.8. The summed E-state index contributed by atoms with van der Waals surface area (Å²) in [6.07, 6.45) is -15.2. The zero-order valence-corrected chi connectivity index (χ0v) is 16.4. The molecule has 0 unspecified atom stereocenters. The molecule has 1 aromatic rings. The molecule has 1 fully saturated rings. The number of esters is 1. The SMILES string of the molecule is O=C(OC[C@H]1O[C@@H](OC[C@@H](O)[C@@H](O)[C@H](O)[C@@H](O)CO)[C@H](O)[C@@H](O)[C@@H]1O)c1ccccc1. The number of hydrogen-bond acceptors (Lipinski definition) is 12. The maximum Gasteiger partial charge on any atom is 0.338 e. The van der Waals surface area contributed by atoms with Crippen molar-refractivity contribution in [2.75, 3.05) is 19.8 Å². The van der Waals surface area contributed by atoms with Crippen LogP contribution >= 0.6 is 0 Å². The standard InChI is InChI=1S/C19H28O12/c20-6-10(21)13(23)14(24)11(22)7-30-19-17(27)16(26)15(25)12(31-19)8-29-18(28)9-4-2-1-3-5-9/h1-5,10-17,19-27H,6-8H2/t10-,11+,12+,13+,14+,15+,16-,17+,19+/m0/s1. The van der Waals surface area contributed by atoms with E-state index in [1.807, 2.05) is 0 Å². The molecule has 0 amide bonds. The molecule has 1 heterocycles. The van der Waals surface area contributed by atoms with Crippen LogP contribution in [0.25, 0.3) is 0 Å². The summed E-state index contributed by atoms with van der Waals surface area (Å²) in [6.45, 7) is -2.05. The second-order valence-corrected chi connectivity index (χ2v) is 7.11. The van der Waals surface area contributed by atoms with Gasteiger partial charge in [-0.1, -0.05) is 18.2 Å². The molecule has 0 bridgehead atoms. The van der Waals surface area contributed by atoms with Crippen LogP contribution in [0.2, 0.25) is 0 Å². The van der Waals surface area contributed by atoms with Gasteiger partial charge in [0.1, 0.15) is 55.4 Å². The van der Waals surface area contributed by atoms with E-state index >= 15 is 0 Å². The average Bonchev–Trinajstić information content (AvgIpc) is 2.79. The molecular formula is C19H28O12. The smallest absolute Gasteiger partial charge is 0.338 e. The molecule has 2 rings (SSSR count). The summed E-state index contributed by atoms with van der Waals surface area (Å²) in [6, 6.07) is 7.99. The van der Waals surface area contributed by atoms with Crippen LogP contribution in [-0.2, 0) is 14.2 Å². The Morgan fingerprint density at radius 1 is 0.935 bits per heavy atom. The predicted octanol–water partition coefficient (Wildman–Crippen LogP) is -3.90. The number of carbonyl (C=O) groups is 1. The molecule has 0 spiro atoms. The van der Waals surface area contributed by atoms with Crippen LogP contribution in [0.1, 0.15) is 10.4 Å². The summed E-state index contributed by atoms with van der Waals surface area (Å²) in [5, 5.41) is 77.5. The monoisotopic (exact) mass is 448 g/mol. The number of hydrogen-bond donors (Lipinski definition) is 8. The minimum absolute atomic E-state index is 0.252. The van der Waals surface area contributed by atoms with Crippen LogP contribution in [0.4, 0.5) is 0 Å². The fraction of sp³-hybridized carbons (Fsp3) is 0.632. The van der Waals surface area contributed by atoms with E-state index < -0.39 is 80.9 Å². The second-order valence-electron chi connectivity index (χ2n) is 7.11. The number of carbonyl (C=O) groups excluding carboxylic acids is 1. The molecule has 176 valence electrons. The minimum Gasteiger partial charge on any atom is -0.459 e. The van der Waals surface area contributed by atoms with E-state index in [4.69, 9.17) is 19.3 Å². The first-order valence-electron chi connectivity index (χ1n) is 9.54. The molecule has 1 aliphatic rings. The molecule has 0 aromatic heterocycles. The highest BCUT2D eigenvalue weighted by Gasteiger charge is 2.45. The van der Waals surface area contributed by atoms with Crippen LogP contribution in [0, 0.1) is 0 Å². The lowest BCUT2D eigenvalue weighted by Crippen LogP contribution is -2.60. The van der Waals surface area contributed by atoms with Crippen molar-refractivity contribution in [3.63, 3.8) is 0 Å². The van der Waals surface area contributed by atoms with Gasteiger partial charge in [0.25, 0.3) is 0 Å². The highest BCUT2D eigenvalue weighted by Crippen LogP contribution is 2.23. The Bertz CT molecular complexity index is 673. The number of ether oxygens (including phenoxy) is 3. The van der Waals surface area contributed by atoms with Crippen LogP contribution in [0.5, 0.6) is 0 Å². The molecule has 0 saturated carbocycles. The quantitative estimate of drug-likeness (QED) is 0.162. The molecule has 0 radical (unpaired) electrons. The topological polar surface area (TPSA) is 207 Å². The zero-order chi connectivity index (χ0) is 23.1. The fourth-order valence-corrected chi connectivity index (χ4v) is 2.86. The van der Waals surface area contributed by atoms with Gasteiger partial charge in [-0.2, -0.15) is 0 Å². The summed E-state index contributed by atoms with van der Waals surface area (Å²) in [4.78, 5) is 12.0. The zero-order valence-electron chi connectivity index (χ0n) is 16.4. The first-order chi connectivity index (χ1) is 14.7. The molecular weight excluding hydrogens is 420 g/mol. The molecule has 9 atom stereocenters. The van der Waals surface area contributed by atoms with Gasteiger partial charge in [0.15, 0.2) is 6.29 Å². The van der Waals surface area contributed by atoms with Gasteiger partial charge in [0.05, 0.1) is 18.8 Å². The molecule has 12 heteroatoms. The van der Waals surface area contributed by atoms with Crippen molar-refractivity contribution in [1.29, 1.82) is 0 Å². The lowest BCUT2D eigenvalue weighted by Gasteiger charge is -2.40. The third-order valence-corrected chi connectivity index (χ3v) is 4.81. The van der Waals surface area contributed by atoms with E-state index in [9.17, 15) is 40.5 Å². The Balaban J connectivity index is 1.92. The number of aliphatic hydroxyl groups excluding tert-OH is 8. The predicted molar refractivity (Wildman–Crippen MR) is 100 cm³/mol.